The van der Waals surface area contributed by atoms with Crippen LogP contribution in [0.5, 0.6) is 0 Å². The molecule has 0 unspecified atom stereocenters. The highest BCUT2D eigenvalue weighted by molar-refractivity contribution is 7.16. The zero-order valence-electron chi connectivity index (χ0n) is 15.1. The van der Waals surface area contributed by atoms with Crippen molar-refractivity contribution in [3.05, 3.63) is 64.5 Å². The lowest BCUT2D eigenvalue weighted by molar-refractivity contribution is -0.142. The summed E-state index contributed by atoms with van der Waals surface area (Å²) in [5.74, 6) is -0.333. The average molecular weight is 416 g/mol. The number of halogens is 1. The molecule has 2 amide bonds. The molecule has 144 valence electrons. The summed E-state index contributed by atoms with van der Waals surface area (Å²) in [4.78, 5) is 29.4. The van der Waals surface area contributed by atoms with Crippen molar-refractivity contribution in [3.8, 4) is 11.3 Å². The Bertz CT molecular complexity index is 959. The third kappa shape index (κ3) is 5.31. The van der Waals surface area contributed by atoms with Crippen LogP contribution in [-0.2, 0) is 16.0 Å². The van der Waals surface area contributed by atoms with Gasteiger partial charge >= 0.3 is 12.0 Å². The number of esters is 1. The fourth-order valence-corrected chi connectivity index (χ4v) is 3.57. The van der Waals surface area contributed by atoms with E-state index in [9.17, 15) is 9.59 Å². The molecule has 0 bridgehead atoms. The summed E-state index contributed by atoms with van der Waals surface area (Å²) >= 11 is 7.09. The maximum atomic E-state index is 12.3. The maximum Gasteiger partial charge on any atom is 0.325 e. The first-order valence-corrected chi connectivity index (χ1v) is 9.79. The second-order valence-electron chi connectivity index (χ2n) is 5.72. The molecule has 0 fully saturated rings. The molecule has 0 aliphatic heterocycles. The van der Waals surface area contributed by atoms with Crippen molar-refractivity contribution in [2.75, 3.05) is 17.2 Å². The minimum atomic E-state index is -0.432. The van der Waals surface area contributed by atoms with Crippen molar-refractivity contribution in [2.45, 2.75) is 13.3 Å². The minimum absolute atomic E-state index is 0.0935. The van der Waals surface area contributed by atoms with Gasteiger partial charge in [-0.1, -0.05) is 41.9 Å². The lowest BCUT2D eigenvalue weighted by atomic mass is 10.1. The molecule has 1 aromatic heterocycles. The molecule has 2 aromatic carbocycles. The topological polar surface area (TPSA) is 80.3 Å². The standard InChI is InChI=1S/C20H18ClN3O3S/c1-2-27-17(25)12-16-18(13-6-4-3-5-7-13)23-20(28-16)24-19(26)22-15-10-8-14(21)9-11-15/h3-11H,2,12H2,1H3,(H2,22,23,24,26). The quantitative estimate of drug-likeness (QED) is 0.541. The molecule has 0 aliphatic rings. The van der Waals surface area contributed by atoms with Gasteiger partial charge in [-0.3, -0.25) is 10.1 Å². The molecular weight excluding hydrogens is 398 g/mol. The van der Waals surface area contributed by atoms with E-state index in [0.29, 0.717) is 28.1 Å². The van der Waals surface area contributed by atoms with Crippen LogP contribution in [-0.4, -0.2) is 23.6 Å². The Morgan fingerprint density at radius 3 is 2.46 bits per heavy atom. The van der Waals surface area contributed by atoms with E-state index >= 15 is 0 Å². The van der Waals surface area contributed by atoms with Crippen LogP contribution in [0, 0.1) is 0 Å². The molecule has 1 heterocycles. The Morgan fingerprint density at radius 1 is 1.07 bits per heavy atom. The summed E-state index contributed by atoms with van der Waals surface area (Å²) in [6.07, 6.45) is 0.0935. The summed E-state index contributed by atoms with van der Waals surface area (Å²) < 4.78 is 5.05. The number of nitrogens with one attached hydrogen (secondary N) is 2. The largest absolute Gasteiger partial charge is 0.466 e. The number of urea groups is 1. The van der Waals surface area contributed by atoms with E-state index in [4.69, 9.17) is 16.3 Å². The second kappa shape index (κ2) is 9.34. The molecule has 28 heavy (non-hydrogen) atoms. The van der Waals surface area contributed by atoms with E-state index in [1.165, 1.54) is 11.3 Å². The van der Waals surface area contributed by atoms with Crippen molar-refractivity contribution < 1.29 is 14.3 Å². The molecule has 3 rings (SSSR count). The van der Waals surface area contributed by atoms with Crippen molar-refractivity contribution >= 4 is 45.8 Å². The van der Waals surface area contributed by atoms with Crippen molar-refractivity contribution in [1.29, 1.82) is 0 Å². The van der Waals surface area contributed by atoms with Gasteiger partial charge in [-0.25, -0.2) is 9.78 Å². The summed E-state index contributed by atoms with van der Waals surface area (Å²) in [5, 5.41) is 6.40. The van der Waals surface area contributed by atoms with E-state index in [1.54, 1.807) is 31.2 Å². The molecule has 0 saturated carbocycles. The lowest BCUT2D eigenvalue weighted by Gasteiger charge is -2.05. The van der Waals surface area contributed by atoms with Crippen LogP contribution in [0.15, 0.2) is 54.6 Å². The van der Waals surface area contributed by atoms with E-state index < -0.39 is 6.03 Å². The molecule has 8 heteroatoms. The summed E-state index contributed by atoms with van der Waals surface area (Å²) in [7, 11) is 0. The molecule has 3 aromatic rings. The second-order valence-corrected chi connectivity index (χ2v) is 7.24. The number of benzene rings is 2. The molecular formula is C20H18ClN3O3S. The van der Waals surface area contributed by atoms with Gasteiger partial charge in [0.1, 0.15) is 0 Å². The number of carbonyl (C=O) groups is 2. The normalized spacial score (nSPS) is 10.4. The fourth-order valence-electron chi connectivity index (χ4n) is 2.48. The first-order valence-electron chi connectivity index (χ1n) is 8.59. The van der Waals surface area contributed by atoms with E-state index in [0.717, 1.165) is 10.4 Å². The zero-order chi connectivity index (χ0) is 19.9. The fraction of sp³-hybridized carbons (Fsp3) is 0.150. The molecule has 0 saturated heterocycles. The Kier molecular flexibility index (Phi) is 6.62. The molecule has 0 radical (unpaired) electrons. The van der Waals surface area contributed by atoms with E-state index in [1.807, 2.05) is 30.3 Å². The van der Waals surface area contributed by atoms with Gasteiger partial charge in [-0.15, -0.1) is 11.3 Å². The predicted molar refractivity (Wildman–Crippen MR) is 112 cm³/mol. The Hall–Kier alpha value is -2.90. The van der Waals surface area contributed by atoms with Gasteiger partial charge in [0.25, 0.3) is 0 Å². The monoisotopic (exact) mass is 415 g/mol. The van der Waals surface area contributed by atoms with Gasteiger partial charge in [-0.05, 0) is 31.2 Å². The SMILES string of the molecule is CCOC(=O)Cc1sc(NC(=O)Nc2ccc(Cl)cc2)nc1-c1ccccc1. The van der Waals surface area contributed by atoms with Gasteiger partial charge in [0, 0.05) is 21.2 Å². The van der Waals surface area contributed by atoms with E-state index in [-0.39, 0.29) is 12.4 Å². The first kappa shape index (κ1) is 19.9. The highest BCUT2D eigenvalue weighted by atomic mass is 35.5. The summed E-state index contributed by atoms with van der Waals surface area (Å²) in [6.45, 7) is 2.07. The number of anilines is 2. The zero-order valence-corrected chi connectivity index (χ0v) is 16.6. The smallest absolute Gasteiger partial charge is 0.325 e. The van der Waals surface area contributed by atoms with Crippen LogP contribution in [0.4, 0.5) is 15.6 Å². The van der Waals surface area contributed by atoms with Crippen LogP contribution in [0.1, 0.15) is 11.8 Å². The third-order valence-corrected chi connectivity index (χ3v) is 4.90. The lowest BCUT2D eigenvalue weighted by Crippen LogP contribution is -2.19. The van der Waals surface area contributed by atoms with Crippen molar-refractivity contribution in [3.63, 3.8) is 0 Å². The Balaban J connectivity index is 1.78. The predicted octanol–water partition coefficient (Wildman–Crippen LogP) is 5.21. The van der Waals surface area contributed by atoms with Crippen LogP contribution in [0.3, 0.4) is 0 Å². The highest BCUT2D eigenvalue weighted by Crippen LogP contribution is 2.32. The van der Waals surface area contributed by atoms with Crippen molar-refractivity contribution in [2.24, 2.45) is 0 Å². The number of nitrogens with zero attached hydrogens (tertiary/aromatic N) is 1. The number of aromatic nitrogens is 1. The van der Waals surface area contributed by atoms with E-state index in [2.05, 4.69) is 15.6 Å². The molecule has 0 atom stereocenters. The number of amides is 2. The van der Waals surface area contributed by atoms with Crippen molar-refractivity contribution in [1.82, 2.24) is 4.98 Å². The third-order valence-electron chi connectivity index (χ3n) is 3.68. The number of rotatable bonds is 6. The van der Waals surface area contributed by atoms with Gasteiger partial charge in [0.15, 0.2) is 5.13 Å². The van der Waals surface area contributed by atoms with Gasteiger partial charge < -0.3 is 10.1 Å². The maximum absolute atomic E-state index is 12.3. The summed E-state index contributed by atoms with van der Waals surface area (Å²) in [6, 6.07) is 15.8. The number of ether oxygens (including phenoxy) is 1. The number of thiazole rings is 1. The van der Waals surface area contributed by atoms with Gasteiger partial charge in [0.2, 0.25) is 0 Å². The number of hydrogen-bond acceptors (Lipinski definition) is 5. The Labute approximate surface area is 171 Å². The van der Waals surface area contributed by atoms with Gasteiger partial charge in [0.05, 0.1) is 18.7 Å². The highest BCUT2D eigenvalue weighted by Gasteiger charge is 2.18. The van der Waals surface area contributed by atoms with Gasteiger partial charge in [-0.2, -0.15) is 0 Å². The molecule has 2 N–H and O–H groups in total. The van der Waals surface area contributed by atoms with Crippen LogP contribution >= 0.6 is 22.9 Å². The molecule has 6 nitrogen and oxygen atoms in total. The number of carbonyl (C=O) groups excluding carboxylic acids is 2. The van der Waals surface area contributed by atoms with Crippen LogP contribution in [0.2, 0.25) is 5.02 Å². The molecule has 0 spiro atoms. The van der Waals surface area contributed by atoms with Crippen LogP contribution < -0.4 is 10.6 Å². The van der Waals surface area contributed by atoms with Crippen LogP contribution in [0.25, 0.3) is 11.3 Å². The summed E-state index contributed by atoms with van der Waals surface area (Å²) in [5.41, 5.74) is 2.12. The molecule has 0 aliphatic carbocycles. The first-order chi connectivity index (χ1) is 13.5. The Morgan fingerprint density at radius 2 is 1.79 bits per heavy atom. The minimum Gasteiger partial charge on any atom is -0.466 e. The average Bonchev–Trinajstić information content (AvgIpc) is 3.06. The number of hydrogen-bond donors (Lipinski definition) is 2.